The summed E-state index contributed by atoms with van der Waals surface area (Å²) in [7, 11) is 0. The molecule has 2 aromatic rings. The van der Waals surface area contributed by atoms with Crippen LogP contribution in [0.25, 0.3) is 0 Å². The van der Waals surface area contributed by atoms with E-state index in [1.54, 1.807) is 36.4 Å². The first-order valence-electron chi connectivity index (χ1n) is 7.24. The molecule has 0 aliphatic carbocycles. The van der Waals surface area contributed by atoms with Crippen molar-refractivity contribution in [1.82, 2.24) is 0 Å². The first-order valence-corrected chi connectivity index (χ1v) is 7.24. The lowest BCUT2D eigenvalue weighted by Crippen LogP contribution is -2.27. The molecule has 23 heavy (non-hydrogen) atoms. The van der Waals surface area contributed by atoms with Crippen LogP contribution in [-0.4, -0.2) is 47.9 Å². The molecular weight excluding hydrogens is 300 g/mol. The number of hydrogen-bond donors (Lipinski definition) is 3. The second-order valence-corrected chi connectivity index (χ2v) is 4.77. The Morgan fingerprint density at radius 1 is 0.783 bits per heavy atom. The molecule has 6 nitrogen and oxygen atoms in total. The van der Waals surface area contributed by atoms with E-state index in [2.05, 4.69) is 0 Å². The van der Waals surface area contributed by atoms with Crippen LogP contribution in [0.3, 0.4) is 0 Å². The summed E-state index contributed by atoms with van der Waals surface area (Å²) in [6.07, 6.45) is -0.539. The van der Waals surface area contributed by atoms with Crippen molar-refractivity contribution in [2.24, 2.45) is 0 Å². The van der Waals surface area contributed by atoms with Crippen LogP contribution in [0.1, 0.15) is 0 Å². The van der Waals surface area contributed by atoms with Gasteiger partial charge >= 0.3 is 0 Å². The van der Waals surface area contributed by atoms with Gasteiger partial charge in [0.15, 0.2) is 23.0 Å². The highest BCUT2D eigenvalue weighted by molar-refractivity contribution is 5.38. The topological polar surface area (TPSA) is 88.4 Å². The molecule has 6 heteroatoms. The van der Waals surface area contributed by atoms with Crippen molar-refractivity contribution in [3.8, 4) is 23.0 Å². The van der Waals surface area contributed by atoms with Gasteiger partial charge in [0.05, 0.1) is 13.2 Å². The van der Waals surface area contributed by atoms with Crippen LogP contribution >= 0.6 is 0 Å². The highest BCUT2D eigenvalue weighted by Gasteiger charge is 2.11. The molecule has 0 aliphatic rings. The van der Waals surface area contributed by atoms with Crippen molar-refractivity contribution >= 4 is 0 Å². The van der Waals surface area contributed by atoms with Crippen molar-refractivity contribution in [1.29, 1.82) is 0 Å². The van der Waals surface area contributed by atoms with E-state index in [9.17, 15) is 15.3 Å². The number of aliphatic hydroxyl groups excluding tert-OH is 1. The van der Waals surface area contributed by atoms with Gasteiger partial charge in [0, 0.05) is 0 Å². The van der Waals surface area contributed by atoms with Crippen molar-refractivity contribution in [2.75, 3.05) is 26.4 Å². The van der Waals surface area contributed by atoms with E-state index in [4.69, 9.17) is 14.2 Å². The third-order valence-corrected chi connectivity index (χ3v) is 3.05. The Morgan fingerprint density at radius 2 is 1.35 bits per heavy atom. The largest absolute Gasteiger partial charge is 0.504 e. The molecule has 2 rings (SSSR count). The summed E-state index contributed by atoms with van der Waals surface area (Å²) >= 11 is 0. The molecule has 0 amide bonds. The summed E-state index contributed by atoms with van der Waals surface area (Å²) in [5.74, 6) is 0.809. The number of phenolic OH excluding ortho intramolecular Hbond substituents is 2. The molecule has 0 saturated heterocycles. The molecule has 0 bridgehead atoms. The lowest BCUT2D eigenvalue weighted by Gasteiger charge is -2.17. The Balaban J connectivity index is 1.71. The maximum absolute atomic E-state index is 9.59. The lowest BCUT2D eigenvalue weighted by molar-refractivity contribution is -0.0237. The number of para-hydroxylation sites is 4. The van der Waals surface area contributed by atoms with Crippen LogP contribution in [0.4, 0.5) is 0 Å². The number of ether oxygens (including phenoxy) is 3. The molecule has 0 radical (unpaired) electrons. The van der Waals surface area contributed by atoms with E-state index in [-0.39, 0.29) is 37.9 Å². The van der Waals surface area contributed by atoms with Gasteiger partial charge in [-0.3, -0.25) is 0 Å². The van der Waals surface area contributed by atoms with Gasteiger partial charge in [-0.25, -0.2) is 0 Å². The van der Waals surface area contributed by atoms with E-state index in [0.717, 1.165) is 0 Å². The van der Waals surface area contributed by atoms with Crippen LogP contribution in [0.5, 0.6) is 23.0 Å². The second kappa shape index (κ2) is 8.87. The maximum Gasteiger partial charge on any atom is 0.161 e. The monoisotopic (exact) mass is 320 g/mol. The number of aliphatic hydroxyl groups is 1. The van der Waals surface area contributed by atoms with E-state index in [1.807, 2.05) is 0 Å². The fourth-order valence-electron chi connectivity index (χ4n) is 1.86. The molecule has 1 atom stereocenters. The number of benzene rings is 2. The van der Waals surface area contributed by atoms with Gasteiger partial charge < -0.3 is 29.5 Å². The Hall–Kier alpha value is -2.44. The van der Waals surface area contributed by atoms with Gasteiger partial charge in [-0.2, -0.15) is 0 Å². The maximum atomic E-state index is 9.59. The molecule has 0 heterocycles. The van der Waals surface area contributed by atoms with Crippen molar-refractivity contribution < 1.29 is 29.5 Å². The van der Waals surface area contributed by atoms with Crippen molar-refractivity contribution in [3.05, 3.63) is 48.5 Å². The minimum absolute atomic E-state index is 0.0343. The Kier molecular flexibility index (Phi) is 6.53. The first-order chi connectivity index (χ1) is 11.2. The SMILES string of the molecule is OCC(COc1ccccc1O)OCCOc1ccccc1O. The standard InChI is InChI=1S/C17H20O6/c18-11-13(12-23-17-8-4-2-6-15(17)20)21-9-10-22-16-7-3-1-5-14(16)19/h1-8,13,18-20H,9-12H2. The van der Waals surface area contributed by atoms with E-state index in [1.165, 1.54) is 12.1 Å². The van der Waals surface area contributed by atoms with Crippen LogP contribution < -0.4 is 9.47 Å². The van der Waals surface area contributed by atoms with Gasteiger partial charge in [0.1, 0.15) is 19.3 Å². The summed E-state index contributed by atoms with van der Waals surface area (Å²) in [4.78, 5) is 0. The molecule has 0 aliphatic heterocycles. The zero-order valence-electron chi connectivity index (χ0n) is 12.6. The third-order valence-electron chi connectivity index (χ3n) is 3.05. The minimum atomic E-state index is -0.539. The van der Waals surface area contributed by atoms with Gasteiger partial charge in [-0.15, -0.1) is 0 Å². The molecule has 0 aromatic heterocycles. The Labute approximate surface area is 134 Å². The highest BCUT2D eigenvalue weighted by Crippen LogP contribution is 2.25. The van der Waals surface area contributed by atoms with Gasteiger partial charge in [-0.1, -0.05) is 24.3 Å². The smallest absolute Gasteiger partial charge is 0.161 e. The minimum Gasteiger partial charge on any atom is -0.504 e. The fraction of sp³-hybridized carbons (Fsp3) is 0.294. The zero-order chi connectivity index (χ0) is 16.5. The van der Waals surface area contributed by atoms with Crippen molar-refractivity contribution in [3.63, 3.8) is 0 Å². The van der Waals surface area contributed by atoms with Gasteiger partial charge in [0.25, 0.3) is 0 Å². The molecule has 124 valence electrons. The zero-order valence-corrected chi connectivity index (χ0v) is 12.6. The molecule has 0 spiro atoms. The molecule has 1 unspecified atom stereocenters. The number of rotatable bonds is 9. The van der Waals surface area contributed by atoms with Gasteiger partial charge in [0.2, 0.25) is 0 Å². The number of phenols is 2. The van der Waals surface area contributed by atoms with Crippen LogP contribution in [-0.2, 0) is 4.74 Å². The summed E-state index contributed by atoms with van der Waals surface area (Å²) in [6, 6.07) is 13.2. The molecule has 0 saturated carbocycles. The average Bonchev–Trinajstić information content (AvgIpc) is 2.57. The number of hydrogen-bond acceptors (Lipinski definition) is 6. The van der Waals surface area contributed by atoms with Crippen LogP contribution in [0.2, 0.25) is 0 Å². The Morgan fingerprint density at radius 3 is 1.91 bits per heavy atom. The predicted molar refractivity (Wildman–Crippen MR) is 84.0 cm³/mol. The molecule has 2 aromatic carbocycles. The van der Waals surface area contributed by atoms with Crippen molar-refractivity contribution in [2.45, 2.75) is 6.10 Å². The number of aromatic hydroxyl groups is 2. The summed E-state index contributed by atoms with van der Waals surface area (Å²) in [5.41, 5.74) is 0. The predicted octanol–water partition coefficient (Wildman–Crippen LogP) is 1.93. The normalized spacial score (nSPS) is 11.9. The molecule has 0 fully saturated rings. The summed E-state index contributed by atoms with van der Waals surface area (Å²) in [5, 5.41) is 28.4. The average molecular weight is 320 g/mol. The van der Waals surface area contributed by atoms with Crippen LogP contribution in [0.15, 0.2) is 48.5 Å². The van der Waals surface area contributed by atoms with E-state index in [0.29, 0.717) is 11.5 Å². The summed E-state index contributed by atoms with van der Waals surface area (Å²) < 4.78 is 16.2. The molecule has 3 N–H and O–H groups in total. The highest BCUT2D eigenvalue weighted by atomic mass is 16.6. The van der Waals surface area contributed by atoms with Crippen LogP contribution in [0, 0.1) is 0 Å². The van der Waals surface area contributed by atoms with E-state index >= 15 is 0 Å². The quantitative estimate of drug-likeness (QED) is 0.612. The van der Waals surface area contributed by atoms with Gasteiger partial charge in [-0.05, 0) is 24.3 Å². The fourth-order valence-corrected chi connectivity index (χ4v) is 1.86. The second-order valence-electron chi connectivity index (χ2n) is 4.77. The lowest BCUT2D eigenvalue weighted by atomic mass is 10.3. The first kappa shape index (κ1) is 16.9. The van der Waals surface area contributed by atoms with E-state index < -0.39 is 6.10 Å². The Bertz CT molecular complexity index is 601. The summed E-state index contributed by atoms with van der Waals surface area (Å²) in [6.45, 7) is 0.337. The third kappa shape index (κ3) is 5.36. The molecular formula is C17H20O6.